The fraction of sp³-hybridized carbons (Fsp3) is 0.250. The van der Waals surface area contributed by atoms with Crippen LogP contribution in [0.1, 0.15) is 65.0 Å². The molecule has 0 bridgehead atoms. The van der Waals surface area contributed by atoms with E-state index >= 15 is 0 Å². The summed E-state index contributed by atoms with van der Waals surface area (Å²) in [7, 11) is 0. The van der Waals surface area contributed by atoms with Gasteiger partial charge in [0, 0.05) is 6.92 Å². The van der Waals surface area contributed by atoms with E-state index < -0.39 is 11.9 Å². The van der Waals surface area contributed by atoms with E-state index in [1.807, 2.05) is 19.1 Å². The van der Waals surface area contributed by atoms with Crippen molar-refractivity contribution in [2.24, 2.45) is 10.2 Å². The summed E-state index contributed by atoms with van der Waals surface area (Å²) in [6.45, 7) is 6.18. The van der Waals surface area contributed by atoms with Gasteiger partial charge in [-0.15, -0.1) is 0 Å². The zero-order valence-corrected chi connectivity index (χ0v) is 25.7. The summed E-state index contributed by atoms with van der Waals surface area (Å²) in [4.78, 5) is 36.1. The molecule has 9 heteroatoms. The molecule has 0 saturated carbocycles. The second-order valence-corrected chi connectivity index (χ2v) is 10.3. The van der Waals surface area contributed by atoms with Gasteiger partial charge in [0.1, 0.15) is 17.2 Å². The summed E-state index contributed by atoms with van der Waals surface area (Å²) < 4.78 is 21.6. The summed E-state index contributed by atoms with van der Waals surface area (Å²) in [5.41, 5.74) is 4.07. The number of benzene rings is 4. The highest BCUT2D eigenvalue weighted by atomic mass is 16.5. The van der Waals surface area contributed by atoms with Crippen molar-refractivity contribution in [2.45, 2.75) is 46.5 Å². The van der Waals surface area contributed by atoms with Crippen LogP contribution in [-0.2, 0) is 16.0 Å². The lowest BCUT2D eigenvalue weighted by atomic mass is 10.1. The van der Waals surface area contributed by atoms with Gasteiger partial charge in [-0.1, -0.05) is 25.5 Å². The van der Waals surface area contributed by atoms with Crippen molar-refractivity contribution in [1.82, 2.24) is 0 Å². The fourth-order valence-corrected chi connectivity index (χ4v) is 4.22. The number of ether oxygens (including phenoxy) is 4. The van der Waals surface area contributed by atoms with Crippen LogP contribution >= 0.6 is 0 Å². The zero-order chi connectivity index (χ0) is 32.0. The quantitative estimate of drug-likeness (QED) is 0.0610. The standard InChI is InChI=1S/C36H36N2O7/c1-4-7-27-8-14-30(15-9-27)37-38-31-16-21-34(25(2)24-31)45-36(41)29-12-19-33(20-13-29)44-35(40)28-10-17-32(18-11-28)43-23-6-5-22-42-26(3)39/h8-21,24H,4-7,22-23H2,1-3H3. The molecule has 0 aliphatic carbocycles. The van der Waals surface area contributed by atoms with E-state index in [-0.39, 0.29) is 11.7 Å². The lowest BCUT2D eigenvalue weighted by molar-refractivity contribution is -0.141. The predicted octanol–water partition coefficient (Wildman–Crippen LogP) is 8.52. The highest BCUT2D eigenvalue weighted by Gasteiger charge is 2.13. The van der Waals surface area contributed by atoms with Gasteiger partial charge >= 0.3 is 17.9 Å². The van der Waals surface area contributed by atoms with Crippen LogP contribution in [0.4, 0.5) is 11.4 Å². The molecule has 232 valence electrons. The van der Waals surface area contributed by atoms with Gasteiger partial charge in [-0.3, -0.25) is 4.79 Å². The summed E-state index contributed by atoms with van der Waals surface area (Å²) in [6.07, 6.45) is 3.56. The van der Waals surface area contributed by atoms with E-state index in [2.05, 4.69) is 29.3 Å². The minimum Gasteiger partial charge on any atom is -0.494 e. The van der Waals surface area contributed by atoms with Crippen molar-refractivity contribution in [1.29, 1.82) is 0 Å². The maximum atomic E-state index is 12.8. The van der Waals surface area contributed by atoms with Crippen LogP contribution in [-0.4, -0.2) is 31.1 Å². The Bertz CT molecular complexity index is 1610. The summed E-state index contributed by atoms with van der Waals surface area (Å²) >= 11 is 0. The highest BCUT2D eigenvalue weighted by Crippen LogP contribution is 2.27. The fourth-order valence-electron chi connectivity index (χ4n) is 4.22. The largest absolute Gasteiger partial charge is 0.494 e. The Morgan fingerprint density at radius 3 is 1.87 bits per heavy atom. The summed E-state index contributed by atoms with van der Waals surface area (Å²) in [5, 5.41) is 8.60. The molecule has 0 saturated heterocycles. The van der Waals surface area contributed by atoms with Crippen LogP contribution < -0.4 is 14.2 Å². The number of hydrogen-bond donors (Lipinski definition) is 0. The Labute approximate surface area is 262 Å². The molecule has 45 heavy (non-hydrogen) atoms. The van der Waals surface area contributed by atoms with Crippen molar-refractivity contribution < 1.29 is 33.3 Å². The normalized spacial score (nSPS) is 10.8. The molecule has 4 rings (SSSR count). The van der Waals surface area contributed by atoms with Crippen molar-refractivity contribution in [3.63, 3.8) is 0 Å². The molecule has 0 amide bonds. The number of unbranched alkanes of at least 4 members (excludes halogenated alkanes) is 1. The van der Waals surface area contributed by atoms with E-state index in [1.165, 1.54) is 36.8 Å². The van der Waals surface area contributed by atoms with E-state index in [0.29, 0.717) is 47.9 Å². The van der Waals surface area contributed by atoms with Crippen LogP contribution in [0, 0.1) is 6.92 Å². The third-order valence-corrected chi connectivity index (χ3v) is 6.62. The molecule has 0 fully saturated rings. The van der Waals surface area contributed by atoms with E-state index in [4.69, 9.17) is 18.9 Å². The minimum absolute atomic E-state index is 0.288. The maximum Gasteiger partial charge on any atom is 0.343 e. The van der Waals surface area contributed by atoms with Crippen molar-refractivity contribution in [3.8, 4) is 17.2 Å². The van der Waals surface area contributed by atoms with Gasteiger partial charge in [-0.25, -0.2) is 9.59 Å². The Kier molecular flexibility index (Phi) is 12.0. The first-order valence-corrected chi connectivity index (χ1v) is 14.8. The Balaban J connectivity index is 1.25. The molecular weight excluding hydrogens is 572 g/mol. The molecule has 0 aliphatic rings. The van der Waals surface area contributed by atoms with Gasteiger partial charge in [-0.2, -0.15) is 10.2 Å². The van der Waals surface area contributed by atoms with E-state index in [0.717, 1.165) is 30.5 Å². The Morgan fingerprint density at radius 1 is 0.667 bits per heavy atom. The van der Waals surface area contributed by atoms with Crippen LogP contribution in [0.25, 0.3) is 0 Å². The number of rotatable bonds is 14. The van der Waals surface area contributed by atoms with Crippen LogP contribution in [0.5, 0.6) is 17.2 Å². The maximum absolute atomic E-state index is 12.8. The number of hydrogen-bond acceptors (Lipinski definition) is 9. The summed E-state index contributed by atoms with van der Waals surface area (Å²) in [5.74, 6) is -0.0689. The first-order valence-electron chi connectivity index (χ1n) is 14.8. The topological polar surface area (TPSA) is 113 Å². The SMILES string of the molecule is CCCc1ccc(N=Nc2ccc(OC(=O)c3ccc(OC(=O)c4ccc(OCCCCOC(C)=O)cc4)cc3)c(C)c2)cc1. The van der Waals surface area contributed by atoms with Crippen molar-refractivity contribution in [3.05, 3.63) is 113 Å². The van der Waals surface area contributed by atoms with E-state index in [9.17, 15) is 14.4 Å². The number of carbonyl (C=O) groups is 3. The summed E-state index contributed by atoms with van der Waals surface area (Å²) in [6, 6.07) is 25.9. The molecular formula is C36H36N2O7. The van der Waals surface area contributed by atoms with Crippen molar-refractivity contribution in [2.75, 3.05) is 13.2 Å². The second kappa shape index (κ2) is 16.5. The van der Waals surface area contributed by atoms with E-state index in [1.54, 1.807) is 42.5 Å². The first-order chi connectivity index (χ1) is 21.8. The number of azo groups is 1. The predicted molar refractivity (Wildman–Crippen MR) is 170 cm³/mol. The molecule has 0 atom stereocenters. The van der Waals surface area contributed by atoms with Crippen LogP contribution in [0.2, 0.25) is 0 Å². The van der Waals surface area contributed by atoms with Gasteiger partial charge < -0.3 is 18.9 Å². The molecule has 0 spiro atoms. The molecule has 0 aliphatic heterocycles. The van der Waals surface area contributed by atoms with Crippen LogP contribution in [0.3, 0.4) is 0 Å². The zero-order valence-electron chi connectivity index (χ0n) is 25.7. The monoisotopic (exact) mass is 608 g/mol. The van der Waals surface area contributed by atoms with Gasteiger partial charge in [0.05, 0.1) is 35.7 Å². The average molecular weight is 609 g/mol. The lowest BCUT2D eigenvalue weighted by Crippen LogP contribution is -2.10. The molecule has 4 aromatic carbocycles. The smallest absolute Gasteiger partial charge is 0.343 e. The third kappa shape index (κ3) is 10.4. The van der Waals surface area contributed by atoms with Gasteiger partial charge in [0.25, 0.3) is 0 Å². The Hall–Kier alpha value is -5.31. The minimum atomic E-state index is -0.542. The second-order valence-electron chi connectivity index (χ2n) is 10.3. The average Bonchev–Trinajstić information content (AvgIpc) is 3.04. The highest BCUT2D eigenvalue weighted by molar-refractivity contribution is 5.92. The molecule has 0 heterocycles. The molecule has 0 aromatic heterocycles. The van der Waals surface area contributed by atoms with Crippen LogP contribution in [0.15, 0.2) is 101 Å². The Morgan fingerprint density at radius 2 is 1.24 bits per heavy atom. The molecule has 4 aromatic rings. The molecule has 0 N–H and O–H groups in total. The lowest BCUT2D eigenvalue weighted by Gasteiger charge is -2.09. The number of aryl methyl sites for hydroxylation is 2. The third-order valence-electron chi connectivity index (χ3n) is 6.62. The van der Waals surface area contributed by atoms with Gasteiger partial charge in [0.2, 0.25) is 0 Å². The number of esters is 3. The molecule has 0 radical (unpaired) electrons. The number of carbonyl (C=O) groups excluding carboxylic acids is 3. The number of nitrogens with zero attached hydrogens (tertiary/aromatic N) is 2. The van der Waals surface area contributed by atoms with Crippen molar-refractivity contribution >= 4 is 29.3 Å². The first kappa shape index (κ1) is 32.6. The van der Waals surface area contributed by atoms with Gasteiger partial charge in [-0.05, 0) is 116 Å². The molecule has 0 unspecified atom stereocenters. The molecule has 9 nitrogen and oxygen atoms in total. The van der Waals surface area contributed by atoms with Gasteiger partial charge in [0.15, 0.2) is 0 Å².